The molecule has 3 rings (SSSR count). The summed E-state index contributed by atoms with van der Waals surface area (Å²) >= 11 is 1.43. The van der Waals surface area contributed by atoms with E-state index in [0.717, 1.165) is 26.9 Å². The first-order valence-electron chi connectivity index (χ1n) is 6.17. The molecule has 0 bridgehead atoms. The average Bonchev–Trinajstić information content (AvgIpc) is 2.79. The number of nitrogens with one attached hydrogen (secondary N) is 1. The molecule has 2 aromatic heterocycles. The number of nitrogens with zero attached hydrogens (tertiary/aromatic N) is 3. The lowest BCUT2D eigenvalue weighted by Crippen LogP contribution is -1.88. The number of hydrogen-bond acceptors (Lipinski definition) is 4. The van der Waals surface area contributed by atoms with Crippen molar-refractivity contribution in [2.45, 2.75) is 24.0 Å². The minimum absolute atomic E-state index is 0.618. The summed E-state index contributed by atoms with van der Waals surface area (Å²) in [6, 6.07) is 11.8. The van der Waals surface area contributed by atoms with Crippen molar-refractivity contribution in [3.8, 4) is 6.07 Å². The van der Waals surface area contributed by atoms with Gasteiger partial charge in [0.2, 0.25) is 0 Å². The van der Waals surface area contributed by atoms with E-state index in [9.17, 15) is 0 Å². The van der Waals surface area contributed by atoms with Crippen molar-refractivity contribution in [1.29, 1.82) is 5.26 Å². The number of benzene rings is 1. The number of H-pyrrole nitrogens is 1. The molecule has 98 valence electrons. The molecule has 20 heavy (non-hydrogen) atoms. The maximum Gasteiger partial charge on any atom is 0.172 e. The fraction of sp³-hybridized carbons (Fsp3) is 0.133. The Kier molecular flexibility index (Phi) is 3.17. The van der Waals surface area contributed by atoms with Crippen LogP contribution in [0.15, 0.2) is 40.5 Å². The average molecular weight is 280 g/mol. The van der Waals surface area contributed by atoms with Crippen LogP contribution in [0.5, 0.6) is 0 Å². The first-order chi connectivity index (χ1) is 9.64. The second-order valence-electron chi connectivity index (χ2n) is 4.61. The van der Waals surface area contributed by atoms with Crippen molar-refractivity contribution in [1.82, 2.24) is 15.0 Å². The van der Waals surface area contributed by atoms with Gasteiger partial charge in [0.1, 0.15) is 5.03 Å². The molecule has 0 radical (unpaired) electrons. The zero-order valence-corrected chi connectivity index (χ0v) is 12.0. The Balaban J connectivity index is 1.97. The summed E-state index contributed by atoms with van der Waals surface area (Å²) in [5.41, 5.74) is 4.59. The van der Waals surface area contributed by atoms with Gasteiger partial charge in [-0.3, -0.25) is 0 Å². The zero-order valence-electron chi connectivity index (χ0n) is 11.1. The molecule has 0 aliphatic carbocycles. The number of aryl methyl sites for hydroxylation is 2. The fourth-order valence-electron chi connectivity index (χ4n) is 2.00. The van der Waals surface area contributed by atoms with Crippen LogP contribution in [-0.2, 0) is 0 Å². The predicted molar refractivity (Wildman–Crippen MR) is 78.6 cm³/mol. The number of aromatic amines is 1. The van der Waals surface area contributed by atoms with Crippen LogP contribution in [0.2, 0.25) is 0 Å². The summed E-state index contributed by atoms with van der Waals surface area (Å²) in [6.45, 7) is 3.93. The lowest BCUT2D eigenvalue weighted by molar-refractivity contribution is 1.03. The van der Waals surface area contributed by atoms with Crippen LogP contribution in [0.4, 0.5) is 0 Å². The Morgan fingerprint density at radius 1 is 1.15 bits per heavy atom. The Morgan fingerprint density at radius 3 is 2.80 bits per heavy atom. The van der Waals surface area contributed by atoms with Crippen LogP contribution in [0.3, 0.4) is 0 Å². The van der Waals surface area contributed by atoms with E-state index in [1.807, 2.05) is 19.1 Å². The molecule has 0 unspecified atom stereocenters. The van der Waals surface area contributed by atoms with Crippen molar-refractivity contribution >= 4 is 22.8 Å². The highest BCUT2D eigenvalue weighted by atomic mass is 32.2. The third-order valence-corrected chi connectivity index (χ3v) is 3.68. The van der Waals surface area contributed by atoms with Crippen molar-refractivity contribution in [3.63, 3.8) is 0 Å². The van der Waals surface area contributed by atoms with Gasteiger partial charge in [-0.2, -0.15) is 5.26 Å². The van der Waals surface area contributed by atoms with Gasteiger partial charge in [-0.1, -0.05) is 6.07 Å². The minimum atomic E-state index is 0.618. The summed E-state index contributed by atoms with van der Waals surface area (Å²) < 4.78 is 0. The van der Waals surface area contributed by atoms with E-state index in [1.165, 1.54) is 17.3 Å². The number of rotatable bonds is 2. The molecule has 1 N–H and O–H groups in total. The molecule has 0 fully saturated rings. The van der Waals surface area contributed by atoms with Crippen molar-refractivity contribution in [2.75, 3.05) is 0 Å². The SMILES string of the molecule is Cc1ccc2nc(Sc3cc(C#N)cc(C)n3)[nH]c2c1. The third-order valence-electron chi connectivity index (χ3n) is 2.88. The molecule has 0 saturated carbocycles. The quantitative estimate of drug-likeness (QED) is 0.779. The molecule has 0 aliphatic rings. The lowest BCUT2D eigenvalue weighted by Gasteiger charge is -1.99. The first kappa shape index (κ1) is 12.7. The summed E-state index contributed by atoms with van der Waals surface area (Å²) in [5, 5.41) is 10.5. The third kappa shape index (κ3) is 2.51. The molecule has 1 aromatic carbocycles. The van der Waals surface area contributed by atoms with Gasteiger partial charge >= 0.3 is 0 Å². The summed E-state index contributed by atoms with van der Waals surface area (Å²) in [4.78, 5) is 12.2. The number of nitriles is 1. The molecule has 0 atom stereocenters. The van der Waals surface area contributed by atoms with Crippen LogP contribution < -0.4 is 0 Å². The normalized spacial score (nSPS) is 10.7. The van der Waals surface area contributed by atoms with Crippen molar-refractivity contribution in [3.05, 3.63) is 47.2 Å². The van der Waals surface area contributed by atoms with Gasteiger partial charge < -0.3 is 4.98 Å². The van der Waals surface area contributed by atoms with Gasteiger partial charge in [0, 0.05) is 5.69 Å². The monoisotopic (exact) mass is 280 g/mol. The standard InChI is InChI=1S/C15H12N4S/c1-9-3-4-12-13(5-9)19-15(18-12)20-14-7-11(8-16)6-10(2)17-14/h3-7H,1-2H3,(H,18,19). The number of pyridine rings is 1. The van der Waals surface area contributed by atoms with Gasteiger partial charge in [0.15, 0.2) is 5.16 Å². The highest BCUT2D eigenvalue weighted by Gasteiger charge is 2.07. The molecule has 3 aromatic rings. The van der Waals surface area contributed by atoms with E-state index in [2.05, 4.69) is 34.0 Å². The maximum atomic E-state index is 8.99. The van der Waals surface area contributed by atoms with Crippen LogP contribution in [0.25, 0.3) is 11.0 Å². The molecule has 2 heterocycles. The Morgan fingerprint density at radius 2 is 2.00 bits per heavy atom. The first-order valence-corrected chi connectivity index (χ1v) is 6.99. The van der Waals surface area contributed by atoms with Crippen LogP contribution in [0, 0.1) is 25.2 Å². The van der Waals surface area contributed by atoms with Crippen LogP contribution >= 0.6 is 11.8 Å². The molecule has 0 spiro atoms. The number of fused-ring (bicyclic) bond motifs is 1. The number of aromatic nitrogens is 3. The summed E-state index contributed by atoms with van der Waals surface area (Å²) in [5.74, 6) is 0. The fourth-order valence-corrected chi connectivity index (χ4v) is 2.88. The predicted octanol–water partition coefficient (Wildman–Crippen LogP) is 3.60. The van der Waals surface area contributed by atoms with Crippen LogP contribution in [0.1, 0.15) is 16.8 Å². The molecule has 0 amide bonds. The highest BCUT2D eigenvalue weighted by Crippen LogP contribution is 2.27. The zero-order chi connectivity index (χ0) is 14.1. The van der Waals surface area contributed by atoms with E-state index in [-0.39, 0.29) is 0 Å². The van der Waals surface area contributed by atoms with E-state index >= 15 is 0 Å². The highest BCUT2D eigenvalue weighted by molar-refractivity contribution is 7.99. The summed E-state index contributed by atoms with van der Waals surface area (Å²) in [7, 11) is 0. The van der Waals surface area contributed by atoms with Gasteiger partial charge in [-0.25, -0.2) is 9.97 Å². The van der Waals surface area contributed by atoms with Gasteiger partial charge in [-0.15, -0.1) is 0 Å². The Bertz CT molecular complexity index is 829. The van der Waals surface area contributed by atoms with E-state index in [1.54, 1.807) is 12.1 Å². The van der Waals surface area contributed by atoms with Crippen molar-refractivity contribution in [2.24, 2.45) is 0 Å². The van der Waals surface area contributed by atoms with Gasteiger partial charge in [0.25, 0.3) is 0 Å². The lowest BCUT2D eigenvalue weighted by atomic mass is 10.2. The van der Waals surface area contributed by atoms with Crippen molar-refractivity contribution < 1.29 is 0 Å². The molecule has 0 saturated heterocycles. The Hall–Kier alpha value is -2.32. The van der Waals surface area contributed by atoms with Gasteiger partial charge in [0.05, 0.1) is 22.7 Å². The molecular weight excluding hydrogens is 268 g/mol. The maximum absolute atomic E-state index is 8.99. The number of imidazole rings is 1. The Labute approximate surface area is 120 Å². The molecular formula is C15H12N4S. The summed E-state index contributed by atoms with van der Waals surface area (Å²) in [6.07, 6.45) is 0. The molecule has 5 heteroatoms. The molecule has 0 aliphatic heterocycles. The van der Waals surface area contributed by atoms with Gasteiger partial charge in [-0.05, 0) is 55.4 Å². The molecule has 4 nitrogen and oxygen atoms in total. The van der Waals surface area contributed by atoms with E-state index in [0.29, 0.717) is 5.56 Å². The van der Waals surface area contributed by atoms with Crippen LogP contribution in [-0.4, -0.2) is 15.0 Å². The van der Waals surface area contributed by atoms with E-state index in [4.69, 9.17) is 5.26 Å². The largest absolute Gasteiger partial charge is 0.333 e. The topological polar surface area (TPSA) is 65.4 Å². The second-order valence-corrected chi connectivity index (χ2v) is 5.62. The second kappa shape index (κ2) is 4.99. The van der Waals surface area contributed by atoms with E-state index < -0.39 is 0 Å². The minimum Gasteiger partial charge on any atom is -0.333 e. The smallest absolute Gasteiger partial charge is 0.172 e. The number of hydrogen-bond donors (Lipinski definition) is 1.